The van der Waals surface area contributed by atoms with Gasteiger partial charge in [-0.2, -0.15) is 12.6 Å². The van der Waals surface area contributed by atoms with E-state index in [9.17, 15) is 0 Å². The first-order valence-electron chi connectivity index (χ1n) is 6.16. The molecule has 1 unspecified atom stereocenters. The van der Waals surface area contributed by atoms with Crippen LogP contribution in [0.4, 0.5) is 0 Å². The van der Waals surface area contributed by atoms with E-state index >= 15 is 0 Å². The fraction of sp³-hybridized carbons (Fsp3) is 0.188. The molecule has 0 bridgehead atoms. The Labute approximate surface area is 130 Å². The molecule has 2 aromatic carbocycles. The summed E-state index contributed by atoms with van der Waals surface area (Å²) in [6.45, 7) is 0. The van der Waals surface area contributed by atoms with Crippen LogP contribution in [0.1, 0.15) is 16.4 Å². The van der Waals surface area contributed by atoms with Crippen molar-refractivity contribution in [3.8, 4) is 11.5 Å². The molecule has 0 heterocycles. The predicted octanol–water partition coefficient (Wildman–Crippen LogP) is 4.09. The van der Waals surface area contributed by atoms with Crippen LogP contribution in [-0.4, -0.2) is 19.1 Å². The summed E-state index contributed by atoms with van der Waals surface area (Å²) in [7, 11) is 3.29. The van der Waals surface area contributed by atoms with Crippen LogP contribution >= 0.6 is 24.8 Å². The van der Waals surface area contributed by atoms with E-state index in [1.807, 2.05) is 48.5 Å². The van der Waals surface area contributed by atoms with Crippen LogP contribution in [-0.2, 0) is 0 Å². The average Bonchev–Trinajstić information content (AvgIpc) is 2.53. The zero-order valence-electron chi connectivity index (χ0n) is 11.4. The van der Waals surface area contributed by atoms with Gasteiger partial charge in [-0.15, -0.1) is 0 Å². The van der Waals surface area contributed by atoms with E-state index in [-0.39, 0.29) is 5.25 Å². The molecule has 0 aliphatic rings. The Kier molecular flexibility index (Phi) is 5.04. The third kappa shape index (κ3) is 3.32. The fourth-order valence-electron chi connectivity index (χ4n) is 1.85. The number of rotatable bonds is 5. The van der Waals surface area contributed by atoms with Crippen LogP contribution in [0.25, 0.3) is 0 Å². The Hall–Kier alpha value is -1.52. The number of benzene rings is 2. The second-order valence-corrected chi connectivity index (χ2v) is 5.22. The van der Waals surface area contributed by atoms with Gasteiger partial charge in [-0.3, -0.25) is 0 Å². The molecule has 0 fully saturated rings. The molecule has 0 N–H and O–H groups in total. The molecule has 0 aliphatic carbocycles. The topological polar surface area (TPSA) is 18.5 Å². The summed E-state index contributed by atoms with van der Waals surface area (Å²) in [4.78, 5) is 0.793. The van der Waals surface area contributed by atoms with Crippen LogP contribution in [0.5, 0.6) is 11.5 Å². The van der Waals surface area contributed by atoms with Gasteiger partial charge in [0.05, 0.1) is 19.5 Å². The second kappa shape index (κ2) is 6.77. The maximum Gasteiger partial charge on any atom is 0.118 e. The molecule has 0 aromatic heterocycles. The summed E-state index contributed by atoms with van der Waals surface area (Å²) >= 11 is 10.1. The molecule has 1 atom stereocenters. The van der Waals surface area contributed by atoms with Crippen molar-refractivity contribution in [2.24, 2.45) is 0 Å². The highest BCUT2D eigenvalue weighted by Crippen LogP contribution is 2.27. The van der Waals surface area contributed by atoms with Gasteiger partial charge in [0, 0.05) is 4.86 Å². The Morgan fingerprint density at radius 3 is 1.80 bits per heavy atom. The first kappa shape index (κ1) is 14.9. The van der Waals surface area contributed by atoms with Gasteiger partial charge in [-0.1, -0.05) is 36.5 Å². The van der Waals surface area contributed by atoms with Gasteiger partial charge in [-0.25, -0.2) is 0 Å². The van der Waals surface area contributed by atoms with Crippen molar-refractivity contribution < 1.29 is 9.47 Å². The van der Waals surface area contributed by atoms with Crippen LogP contribution < -0.4 is 9.47 Å². The van der Waals surface area contributed by atoms with Crippen molar-refractivity contribution in [1.29, 1.82) is 0 Å². The molecule has 0 spiro atoms. The van der Waals surface area contributed by atoms with Gasteiger partial charge >= 0.3 is 0 Å². The Morgan fingerprint density at radius 2 is 1.35 bits per heavy atom. The Balaban J connectivity index is 2.17. The number of methoxy groups -OCH3 is 2. The van der Waals surface area contributed by atoms with Crippen molar-refractivity contribution in [3.63, 3.8) is 0 Å². The molecule has 2 rings (SSSR count). The van der Waals surface area contributed by atoms with Crippen molar-refractivity contribution in [1.82, 2.24) is 0 Å². The van der Waals surface area contributed by atoms with Crippen LogP contribution in [0.2, 0.25) is 0 Å². The van der Waals surface area contributed by atoms with E-state index < -0.39 is 0 Å². The van der Waals surface area contributed by atoms with E-state index in [1.54, 1.807) is 14.2 Å². The van der Waals surface area contributed by atoms with Crippen LogP contribution in [0, 0.1) is 0 Å². The number of thiocarbonyl (C=S) groups is 1. The molecule has 0 saturated heterocycles. The van der Waals surface area contributed by atoms with E-state index in [1.165, 1.54) is 0 Å². The Morgan fingerprint density at radius 1 is 0.900 bits per heavy atom. The molecule has 2 nitrogen and oxygen atoms in total. The molecule has 20 heavy (non-hydrogen) atoms. The molecule has 2 aromatic rings. The minimum absolute atomic E-state index is 0.121. The maximum atomic E-state index is 5.52. The minimum Gasteiger partial charge on any atom is -0.497 e. The maximum absolute atomic E-state index is 5.52. The smallest absolute Gasteiger partial charge is 0.118 e. The molecule has 4 heteroatoms. The lowest BCUT2D eigenvalue weighted by Crippen LogP contribution is -2.06. The van der Waals surface area contributed by atoms with E-state index in [0.29, 0.717) is 0 Å². The zero-order chi connectivity index (χ0) is 14.5. The van der Waals surface area contributed by atoms with Crippen molar-refractivity contribution in [2.45, 2.75) is 5.25 Å². The lowest BCUT2D eigenvalue weighted by Gasteiger charge is -2.14. The SMILES string of the molecule is COc1ccc(C(=S)C(S)c2ccc(OC)cc2)cc1. The third-order valence-corrected chi connectivity index (χ3v) is 4.26. The van der Waals surface area contributed by atoms with Gasteiger partial charge in [-0.05, 0) is 35.4 Å². The van der Waals surface area contributed by atoms with Crippen LogP contribution in [0.3, 0.4) is 0 Å². The Bertz CT molecular complexity index is 576. The second-order valence-electron chi connectivity index (χ2n) is 4.27. The summed E-state index contributed by atoms with van der Waals surface area (Å²) in [5.41, 5.74) is 2.03. The standard InChI is InChI=1S/C16H16O2S2/c1-17-13-7-3-11(4-8-13)15(19)16(20)12-5-9-14(18-2)10-6-12/h3-10,15,19H,1-2H3. The average molecular weight is 304 g/mol. The summed E-state index contributed by atoms with van der Waals surface area (Å²) in [6, 6.07) is 15.5. The lowest BCUT2D eigenvalue weighted by atomic mass is 10.0. The molecule has 0 aliphatic heterocycles. The number of hydrogen-bond donors (Lipinski definition) is 1. The summed E-state index contributed by atoms with van der Waals surface area (Å²) < 4.78 is 10.3. The number of ether oxygens (including phenoxy) is 2. The lowest BCUT2D eigenvalue weighted by molar-refractivity contribution is 0.414. The van der Waals surface area contributed by atoms with E-state index in [4.69, 9.17) is 21.7 Å². The number of hydrogen-bond acceptors (Lipinski definition) is 4. The number of thiol groups is 1. The van der Waals surface area contributed by atoms with Crippen LogP contribution in [0.15, 0.2) is 48.5 Å². The normalized spacial score (nSPS) is 11.8. The van der Waals surface area contributed by atoms with E-state index in [2.05, 4.69) is 12.6 Å². The summed E-state index contributed by atoms with van der Waals surface area (Å²) in [5.74, 6) is 1.64. The largest absolute Gasteiger partial charge is 0.497 e. The van der Waals surface area contributed by atoms with E-state index in [0.717, 1.165) is 27.5 Å². The van der Waals surface area contributed by atoms with Gasteiger partial charge in [0.25, 0.3) is 0 Å². The highest BCUT2D eigenvalue weighted by Gasteiger charge is 2.14. The first-order valence-corrected chi connectivity index (χ1v) is 7.08. The van der Waals surface area contributed by atoms with Crippen molar-refractivity contribution in [3.05, 3.63) is 59.7 Å². The summed E-state index contributed by atoms with van der Waals surface area (Å²) in [5, 5.41) is -0.121. The molecule has 0 amide bonds. The van der Waals surface area contributed by atoms with Gasteiger partial charge < -0.3 is 9.47 Å². The molecular weight excluding hydrogens is 288 g/mol. The van der Waals surface area contributed by atoms with Crippen molar-refractivity contribution in [2.75, 3.05) is 14.2 Å². The molecule has 0 saturated carbocycles. The third-order valence-electron chi connectivity index (χ3n) is 3.05. The fourth-order valence-corrected chi connectivity index (χ4v) is 2.44. The minimum atomic E-state index is -0.121. The van der Waals surface area contributed by atoms with Gasteiger partial charge in [0.2, 0.25) is 0 Å². The quantitative estimate of drug-likeness (QED) is 0.510. The summed E-state index contributed by atoms with van der Waals surface area (Å²) in [6.07, 6.45) is 0. The van der Waals surface area contributed by atoms with Gasteiger partial charge in [0.1, 0.15) is 11.5 Å². The molecular formula is C16H16O2S2. The highest BCUT2D eigenvalue weighted by atomic mass is 32.1. The highest BCUT2D eigenvalue weighted by molar-refractivity contribution is 7.86. The molecule has 104 valence electrons. The van der Waals surface area contributed by atoms with Gasteiger partial charge in [0.15, 0.2) is 0 Å². The predicted molar refractivity (Wildman–Crippen MR) is 89.4 cm³/mol. The zero-order valence-corrected chi connectivity index (χ0v) is 13.1. The van der Waals surface area contributed by atoms with Crippen molar-refractivity contribution >= 4 is 29.7 Å². The first-order chi connectivity index (χ1) is 9.65. The monoisotopic (exact) mass is 304 g/mol. The molecule has 0 radical (unpaired) electrons.